The third kappa shape index (κ3) is 6.98. The van der Waals surface area contributed by atoms with Crippen molar-refractivity contribution in [3.05, 3.63) is 21.2 Å². The van der Waals surface area contributed by atoms with Crippen LogP contribution in [0.25, 0.3) is 0 Å². The van der Waals surface area contributed by atoms with E-state index in [4.69, 9.17) is 21.7 Å². The minimum atomic E-state index is -0.410. The number of nitrogens with zero attached hydrogens (tertiary/aromatic N) is 2. The number of rotatable bonds is 10. The number of hydrogen-bond acceptors (Lipinski definition) is 5. The largest absolute Gasteiger partial charge is 0.494 e. The second-order valence-electron chi connectivity index (χ2n) is 11.6. The van der Waals surface area contributed by atoms with Crippen molar-refractivity contribution in [3.8, 4) is 5.88 Å². The van der Waals surface area contributed by atoms with Crippen LogP contribution in [0.1, 0.15) is 80.1 Å². The maximum atomic E-state index is 12.6. The fourth-order valence-electron chi connectivity index (χ4n) is 6.89. The van der Waals surface area contributed by atoms with Crippen LogP contribution in [0.5, 0.6) is 5.88 Å². The molecule has 0 bridgehead atoms. The maximum absolute atomic E-state index is 12.6. The lowest BCUT2D eigenvalue weighted by atomic mass is 9.72. The molecule has 2 aliphatic carbocycles. The van der Waals surface area contributed by atoms with Crippen LogP contribution in [0.3, 0.4) is 0 Å². The molecule has 1 N–H and O–H groups in total. The van der Waals surface area contributed by atoms with Crippen LogP contribution < -0.4 is 5.56 Å². The zero-order valence-electron chi connectivity index (χ0n) is 22.7. The van der Waals surface area contributed by atoms with Crippen molar-refractivity contribution in [2.24, 2.45) is 35.5 Å². The molecule has 6 unspecified atom stereocenters. The molecule has 6 atom stereocenters. The van der Waals surface area contributed by atoms with Crippen molar-refractivity contribution < 1.29 is 14.6 Å². The van der Waals surface area contributed by atoms with Crippen LogP contribution in [0.2, 0.25) is 0 Å². The topological polar surface area (TPSA) is 65.6 Å². The van der Waals surface area contributed by atoms with Gasteiger partial charge in [0.2, 0.25) is 5.88 Å². The minimum absolute atomic E-state index is 0.219. The van der Waals surface area contributed by atoms with Gasteiger partial charge >= 0.3 is 0 Å². The lowest BCUT2D eigenvalue weighted by molar-refractivity contribution is -0.0505. The normalized spacial score (nSPS) is 29.7. The fourth-order valence-corrected chi connectivity index (χ4v) is 7.24. The lowest BCUT2D eigenvalue weighted by Gasteiger charge is -2.39. The molecule has 2 fully saturated rings. The van der Waals surface area contributed by atoms with E-state index in [1.54, 1.807) is 4.57 Å². The molecule has 2 saturated carbocycles. The first-order valence-corrected chi connectivity index (χ1v) is 14.2. The van der Waals surface area contributed by atoms with E-state index in [1.165, 1.54) is 30.3 Å². The Hall–Kier alpha value is -1.18. The summed E-state index contributed by atoms with van der Waals surface area (Å²) in [6.45, 7) is 15.4. The Morgan fingerprint density at radius 2 is 1.34 bits per heavy atom. The van der Waals surface area contributed by atoms with E-state index in [0.29, 0.717) is 66.6 Å². The summed E-state index contributed by atoms with van der Waals surface area (Å²) in [6.07, 6.45) is 7.48. The van der Waals surface area contributed by atoms with E-state index in [0.717, 1.165) is 12.8 Å². The molecule has 2 aliphatic rings. The quantitative estimate of drug-likeness (QED) is 0.403. The molecule has 199 valence electrons. The van der Waals surface area contributed by atoms with Crippen molar-refractivity contribution >= 4 is 12.2 Å². The number of ether oxygens (including phenoxy) is 2. The summed E-state index contributed by atoms with van der Waals surface area (Å²) in [4.78, 5) is 12.6. The van der Waals surface area contributed by atoms with Crippen LogP contribution in [-0.2, 0) is 22.6 Å². The van der Waals surface area contributed by atoms with E-state index >= 15 is 0 Å². The molecule has 3 rings (SSSR count). The highest BCUT2D eigenvalue weighted by Gasteiger charge is 2.34. The molecule has 7 heteroatoms. The van der Waals surface area contributed by atoms with E-state index < -0.39 is 5.56 Å². The molecule has 0 saturated heterocycles. The third-order valence-corrected chi connectivity index (χ3v) is 8.92. The Balaban J connectivity index is 1.62. The Labute approximate surface area is 217 Å². The first-order valence-electron chi connectivity index (χ1n) is 13.8. The molecular formula is C28H47N2O4S. The van der Waals surface area contributed by atoms with Gasteiger partial charge in [-0.25, -0.2) is 0 Å². The highest BCUT2D eigenvalue weighted by molar-refractivity contribution is 7.71. The third-order valence-electron chi connectivity index (χ3n) is 8.48. The second kappa shape index (κ2) is 12.9. The highest BCUT2D eigenvalue weighted by atomic mass is 32.1. The van der Waals surface area contributed by atoms with Crippen LogP contribution >= 0.6 is 12.2 Å². The van der Waals surface area contributed by atoms with Gasteiger partial charge in [-0.1, -0.05) is 67.2 Å². The van der Waals surface area contributed by atoms with Gasteiger partial charge in [0.05, 0.1) is 38.5 Å². The molecule has 1 heterocycles. The predicted molar refractivity (Wildman–Crippen MR) is 142 cm³/mol. The smallest absolute Gasteiger partial charge is 0.266 e. The lowest BCUT2D eigenvalue weighted by Crippen LogP contribution is -2.38. The first kappa shape index (κ1) is 28.4. The number of aromatic hydroxyl groups is 1. The van der Waals surface area contributed by atoms with Gasteiger partial charge in [0.15, 0.2) is 4.77 Å². The molecule has 6 nitrogen and oxygen atoms in total. The van der Waals surface area contributed by atoms with Crippen LogP contribution in [0.4, 0.5) is 0 Å². The monoisotopic (exact) mass is 507 g/mol. The van der Waals surface area contributed by atoms with Crippen molar-refractivity contribution in [1.29, 1.82) is 0 Å². The molecule has 1 aromatic heterocycles. The number of aromatic nitrogens is 2. The molecule has 0 amide bonds. The zero-order chi connectivity index (χ0) is 25.7. The number of hydrogen-bond donors (Lipinski definition) is 1. The minimum Gasteiger partial charge on any atom is -0.494 e. The van der Waals surface area contributed by atoms with E-state index in [1.807, 2.05) is 0 Å². The van der Waals surface area contributed by atoms with E-state index in [2.05, 4.69) is 47.6 Å². The SMILES string of the molecule is CC(C)C1C(C)CCCC1OCCn1c(O)[c]c(=O)n(CCOC2CCCC(C)C2C(C)C)c1=S. The first-order chi connectivity index (χ1) is 16.6. The Morgan fingerprint density at radius 3 is 1.80 bits per heavy atom. The predicted octanol–water partition coefficient (Wildman–Crippen LogP) is 5.84. The van der Waals surface area contributed by atoms with Crippen LogP contribution in [0.15, 0.2) is 4.79 Å². The van der Waals surface area contributed by atoms with Crippen LogP contribution in [0, 0.1) is 46.3 Å². The van der Waals surface area contributed by atoms with Crippen molar-refractivity contribution in [3.63, 3.8) is 0 Å². The molecular weight excluding hydrogens is 460 g/mol. The van der Waals surface area contributed by atoms with Gasteiger partial charge in [0.25, 0.3) is 5.56 Å². The molecule has 1 radical (unpaired) electrons. The molecule has 0 aromatic carbocycles. The van der Waals surface area contributed by atoms with Crippen molar-refractivity contribution in [2.45, 2.75) is 105 Å². The van der Waals surface area contributed by atoms with Gasteiger partial charge in [-0.05, 0) is 60.6 Å². The average Bonchev–Trinajstić information content (AvgIpc) is 2.77. The summed E-state index contributed by atoms with van der Waals surface area (Å²) in [7, 11) is 0. The Morgan fingerprint density at radius 1 is 0.886 bits per heavy atom. The molecule has 1 aromatic rings. The van der Waals surface area contributed by atoms with Crippen LogP contribution in [-0.4, -0.2) is 39.7 Å². The van der Waals surface area contributed by atoms with Crippen molar-refractivity contribution in [2.75, 3.05) is 13.2 Å². The van der Waals surface area contributed by atoms with Gasteiger partial charge in [-0.3, -0.25) is 13.9 Å². The Bertz CT molecular complexity index is 925. The summed E-state index contributed by atoms with van der Waals surface area (Å²) in [5.74, 6) is 3.30. The molecule has 0 spiro atoms. The second-order valence-corrected chi connectivity index (χ2v) is 12.0. The maximum Gasteiger partial charge on any atom is 0.266 e. The van der Waals surface area contributed by atoms with Gasteiger partial charge < -0.3 is 14.6 Å². The van der Waals surface area contributed by atoms with Gasteiger partial charge in [0, 0.05) is 0 Å². The summed E-state index contributed by atoms with van der Waals surface area (Å²) in [5, 5.41) is 10.4. The summed E-state index contributed by atoms with van der Waals surface area (Å²) < 4.78 is 16.0. The zero-order valence-corrected chi connectivity index (χ0v) is 23.5. The molecule has 35 heavy (non-hydrogen) atoms. The molecule has 0 aliphatic heterocycles. The average molecular weight is 508 g/mol. The van der Waals surface area contributed by atoms with Gasteiger partial charge in [-0.2, -0.15) is 0 Å². The summed E-state index contributed by atoms with van der Waals surface area (Å²) >= 11 is 5.61. The van der Waals surface area contributed by atoms with Gasteiger partial charge in [-0.15, -0.1) is 0 Å². The van der Waals surface area contributed by atoms with E-state index in [-0.39, 0.29) is 18.1 Å². The fraction of sp³-hybridized carbons (Fsp3) is 0.857. The highest BCUT2D eigenvalue weighted by Crippen LogP contribution is 2.37. The van der Waals surface area contributed by atoms with Crippen molar-refractivity contribution in [1.82, 2.24) is 9.13 Å². The van der Waals surface area contributed by atoms with E-state index in [9.17, 15) is 9.90 Å². The Kier molecular flexibility index (Phi) is 10.4. The standard InChI is InChI=1S/C28H47N2O4S/c1-18(2)26-20(5)9-7-11-22(26)33-15-13-29-24(31)17-25(32)30(28(29)35)14-16-34-23-12-8-10-21(6)27(23)19(3)4/h18-23,26-27,31H,7-16H2,1-6H3. The van der Waals surface area contributed by atoms with Gasteiger partial charge in [0.1, 0.15) is 6.07 Å². The summed E-state index contributed by atoms with van der Waals surface area (Å²) in [6, 6.07) is 2.54. The summed E-state index contributed by atoms with van der Waals surface area (Å²) in [5.41, 5.74) is -0.410.